The van der Waals surface area contributed by atoms with E-state index in [4.69, 9.17) is 4.74 Å². The van der Waals surface area contributed by atoms with E-state index in [0.717, 1.165) is 32.2 Å². The Morgan fingerprint density at radius 3 is 2.30 bits per heavy atom. The van der Waals surface area contributed by atoms with Crippen LogP contribution in [0, 0.1) is 0 Å². The van der Waals surface area contributed by atoms with Gasteiger partial charge < -0.3 is 9.64 Å². The Kier molecular flexibility index (Phi) is 6.43. The quantitative estimate of drug-likeness (QED) is 0.586. The van der Waals surface area contributed by atoms with E-state index in [-0.39, 0.29) is 5.25 Å². The van der Waals surface area contributed by atoms with Crippen molar-refractivity contribution in [3.63, 3.8) is 0 Å². The number of carbonyl (C=O) groups excluding carboxylic acids is 2. The highest BCUT2D eigenvalue weighted by molar-refractivity contribution is 7.81. The average molecular weight is 398 g/mol. The Morgan fingerprint density at radius 2 is 1.74 bits per heavy atom. The first-order chi connectivity index (χ1) is 12.7. The third kappa shape index (κ3) is 4.62. The minimum Gasteiger partial charge on any atom is -0.444 e. The van der Waals surface area contributed by atoms with Gasteiger partial charge in [-0.2, -0.15) is 12.6 Å². The predicted octanol–water partition coefficient (Wildman–Crippen LogP) is 2.77. The number of ether oxygens (including phenoxy) is 1. The molecule has 1 amide bonds. The number of rotatable bonds is 3. The Morgan fingerprint density at radius 1 is 1.11 bits per heavy atom. The summed E-state index contributed by atoms with van der Waals surface area (Å²) in [4.78, 5) is 31.5. The van der Waals surface area contributed by atoms with Crippen LogP contribution < -0.4 is 0 Å². The van der Waals surface area contributed by atoms with Gasteiger partial charge in [-0.25, -0.2) is 4.79 Å². The Labute approximate surface area is 169 Å². The summed E-state index contributed by atoms with van der Waals surface area (Å²) in [5.41, 5.74) is -1.50. The van der Waals surface area contributed by atoms with Gasteiger partial charge in [0.15, 0.2) is 11.9 Å². The van der Waals surface area contributed by atoms with Crippen LogP contribution in [0.3, 0.4) is 0 Å². The van der Waals surface area contributed by atoms with Crippen LogP contribution in [0.25, 0.3) is 0 Å². The second-order valence-corrected chi connectivity index (χ2v) is 9.99. The molecule has 0 radical (unpaired) electrons. The number of amides is 1. The van der Waals surface area contributed by atoms with Crippen molar-refractivity contribution >= 4 is 25.0 Å². The number of thiol groups is 1. The topological polar surface area (TPSA) is 53.1 Å². The molecule has 6 nitrogen and oxygen atoms in total. The van der Waals surface area contributed by atoms with Crippen LogP contribution in [0.2, 0.25) is 0 Å². The number of hydrogen-bond donors (Lipinski definition) is 1. The van der Waals surface area contributed by atoms with E-state index in [1.807, 2.05) is 20.8 Å². The molecule has 0 aliphatic carbocycles. The van der Waals surface area contributed by atoms with E-state index in [1.54, 1.807) is 4.90 Å². The summed E-state index contributed by atoms with van der Waals surface area (Å²) in [6, 6.07) is 0.605. The molecule has 0 aromatic carbocycles. The molecule has 0 saturated carbocycles. The first kappa shape index (κ1) is 20.9. The van der Waals surface area contributed by atoms with Crippen LogP contribution in [0.4, 0.5) is 4.79 Å². The van der Waals surface area contributed by atoms with Crippen molar-refractivity contribution in [3.05, 3.63) is 0 Å². The molecule has 3 aliphatic heterocycles. The van der Waals surface area contributed by atoms with Crippen LogP contribution in [0.15, 0.2) is 0 Å². The lowest BCUT2D eigenvalue weighted by Gasteiger charge is -2.48. The maximum atomic E-state index is 12.8. The molecule has 0 aromatic heterocycles. The summed E-state index contributed by atoms with van der Waals surface area (Å²) in [6.07, 6.45) is 7.14. The zero-order chi connectivity index (χ0) is 19.7. The smallest absolute Gasteiger partial charge is 0.412 e. The molecular formula is C20H35N3O3S. The van der Waals surface area contributed by atoms with Crippen LogP contribution in [-0.4, -0.2) is 82.4 Å². The molecule has 3 aliphatic rings. The van der Waals surface area contributed by atoms with Crippen molar-refractivity contribution in [3.8, 4) is 0 Å². The third-order valence-corrected chi connectivity index (χ3v) is 6.46. The van der Waals surface area contributed by atoms with Gasteiger partial charge >= 0.3 is 6.09 Å². The summed E-state index contributed by atoms with van der Waals surface area (Å²) in [7, 11) is 0. The standard InChI is InChI=1S/C20H35N3O3S/c1-19(2,3)26-18(25)23-14-17(27)13-20(23,15-24)22-11-7-16(8-12-22)21-9-5-4-6-10-21/h15-17,27H,4-14H2,1-3H3/t17-,20-/m0/s1. The summed E-state index contributed by atoms with van der Waals surface area (Å²) < 4.78 is 5.59. The van der Waals surface area contributed by atoms with E-state index in [9.17, 15) is 9.59 Å². The lowest BCUT2D eigenvalue weighted by Crippen LogP contribution is -2.63. The molecule has 0 spiro atoms. The SMILES string of the molecule is CC(C)(C)OC(=O)N1C[C@@H](S)C[C@]1(C=O)N1CCC(N2CCCCC2)CC1. The van der Waals surface area contributed by atoms with Gasteiger partial charge in [-0.1, -0.05) is 6.42 Å². The van der Waals surface area contributed by atoms with Gasteiger partial charge in [0.2, 0.25) is 0 Å². The minimum atomic E-state index is -0.915. The number of piperidine rings is 2. The zero-order valence-corrected chi connectivity index (χ0v) is 17.9. The monoisotopic (exact) mass is 397 g/mol. The van der Waals surface area contributed by atoms with Crippen molar-refractivity contribution in [2.24, 2.45) is 0 Å². The van der Waals surface area contributed by atoms with Crippen LogP contribution in [0.5, 0.6) is 0 Å². The van der Waals surface area contributed by atoms with Gasteiger partial charge in [-0.15, -0.1) is 0 Å². The Bertz CT molecular complexity index is 539. The molecule has 0 bridgehead atoms. The van der Waals surface area contributed by atoms with Crippen LogP contribution in [-0.2, 0) is 9.53 Å². The van der Waals surface area contributed by atoms with Crippen molar-refractivity contribution in [1.82, 2.24) is 14.7 Å². The largest absolute Gasteiger partial charge is 0.444 e. The summed E-state index contributed by atoms with van der Waals surface area (Å²) in [5.74, 6) is 0. The maximum Gasteiger partial charge on any atom is 0.412 e. The molecule has 0 aromatic rings. The van der Waals surface area contributed by atoms with Crippen molar-refractivity contribution in [1.29, 1.82) is 0 Å². The number of hydrogen-bond acceptors (Lipinski definition) is 6. The van der Waals surface area contributed by atoms with Crippen LogP contribution >= 0.6 is 12.6 Å². The normalized spacial score (nSPS) is 31.9. The summed E-state index contributed by atoms with van der Waals surface area (Å²) >= 11 is 4.60. The van der Waals surface area contributed by atoms with Gasteiger partial charge in [0.05, 0.1) is 0 Å². The number of likely N-dealkylation sites (tertiary alicyclic amines) is 3. The van der Waals surface area contributed by atoms with Crippen LogP contribution in [0.1, 0.15) is 59.3 Å². The van der Waals surface area contributed by atoms with E-state index in [1.165, 1.54) is 32.4 Å². The first-order valence-corrected chi connectivity index (χ1v) is 10.9. The molecule has 3 heterocycles. The predicted molar refractivity (Wildman–Crippen MR) is 109 cm³/mol. The molecular weight excluding hydrogens is 362 g/mol. The second kappa shape index (κ2) is 8.29. The Hall–Kier alpha value is -0.790. The van der Waals surface area contributed by atoms with Gasteiger partial charge in [-0.05, 0) is 59.5 Å². The molecule has 0 N–H and O–H groups in total. The molecule has 154 valence electrons. The highest BCUT2D eigenvalue weighted by Crippen LogP contribution is 2.37. The summed E-state index contributed by atoms with van der Waals surface area (Å²) in [6.45, 7) is 10.1. The van der Waals surface area contributed by atoms with Crippen molar-refractivity contribution in [2.75, 3.05) is 32.7 Å². The Balaban J connectivity index is 1.70. The second-order valence-electron chi connectivity index (χ2n) is 9.26. The van der Waals surface area contributed by atoms with E-state index >= 15 is 0 Å². The fourth-order valence-corrected chi connectivity index (χ4v) is 5.26. The van der Waals surface area contributed by atoms with Gasteiger partial charge in [-0.3, -0.25) is 14.6 Å². The molecule has 2 atom stereocenters. The highest BCUT2D eigenvalue weighted by atomic mass is 32.1. The first-order valence-electron chi connectivity index (χ1n) is 10.4. The lowest BCUT2D eigenvalue weighted by molar-refractivity contribution is -0.131. The third-order valence-electron chi connectivity index (χ3n) is 6.12. The van der Waals surface area contributed by atoms with Gasteiger partial charge in [0.25, 0.3) is 0 Å². The maximum absolute atomic E-state index is 12.8. The molecule has 3 fully saturated rings. The van der Waals surface area contributed by atoms with Crippen molar-refractivity contribution in [2.45, 2.75) is 81.9 Å². The average Bonchev–Trinajstić information content (AvgIpc) is 2.99. The van der Waals surface area contributed by atoms with E-state index < -0.39 is 17.4 Å². The molecule has 27 heavy (non-hydrogen) atoms. The molecule has 3 rings (SSSR count). The molecule has 7 heteroatoms. The number of nitrogens with zero attached hydrogens (tertiary/aromatic N) is 3. The van der Waals surface area contributed by atoms with E-state index in [0.29, 0.717) is 19.0 Å². The van der Waals surface area contributed by atoms with E-state index in [2.05, 4.69) is 22.4 Å². The highest BCUT2D eigenvalue weighted by Gasteiger charge is 2.53. The van der Waals surface area contributed by atoms with Gasteiger partial charge in [0.1, 0.15) is 5.60 Å². The minimum absolute atomic E-state index is 0.0115. The zero-order valence-electron chi connectivity index (χ0n) is 17.0. The molecule has 3 saturated heterocycles. The fourth-order valence-electron chi connectivity index (χ4n) is 4.83. The number of carbonyl (C=O) groups is 2. The fraction of sp³-hybridized carbons (Fsp3) is 0.900. The lowest BCUT2D eigenvalue weighted by atomic mass is 9.96. The number of aldehydes is 1. The van der Waals surface area contributed by atoms with Gasteiger partial charge in [0, 0.05) is 37.3 Å². The summed E-state index contributed by atoms with van der Waals surface area (Å²) in [5, 5.41) is -0.0115. The van der Waals surface area contributed by atoms with Crippen molar-refractivity contribution < 1.29 is 14.3 Å². The molecule has 0 unspecified atom stereocenters.